The molecule has 0 bridgehead atoms. The Morgan fingerprint density at radius 1 is 1.41 bits per heavy atom. The molecule has 2 aromatic rings. The average molecular weight is 473 g/mol. The molecule has 1 aromatic heterocycles. The van der Waals surface area contributed by atoms with E-state index in [1.807, 2.05) is 17.9 Å². The van der Waals surface area contributed by atoms with Gasteiger partial charge in [0, 0.05) is 30.5 Å². The zero-order valence-corrected chi connectivity index (χ0v) is 18.7. The zero-order chi connectivity index (χ0) is 21.3. The normalized spacial score (nSPS) is 13.2. The van der Waals surface area contributed by atoms with Crippen molar-refractivity contribution in [1.82, 2.24) is 4.57 Å². The minimum atomic E-state index is -4.38. The molecule has 0 amide bonds. The lowest BCUT2D eigenvalue weighted by atomic mass is 10.2. The maximum absolute atomic E-state index is 11.2. The molecular formula is C17H17N2O6PS3. The van der Waals surface area contributed by atoms with Gasteiger partial charge in [0.2, 0.25) is 5.88 Å². The summed E-state index contributed by atoms with van der Waals surface area (Å²) in [7, 11) is -4.38. The van der Waals surface area contributed by atoms with E-state index in [4.69, 9.17) is 26.7 Å². The monoisotopic (exact) mass is 472 g/mol. The second-order valence-corrected chi connectivity index (χ2v) is 10.3. The first-order valence-corrected chi connectivity index (χ1v) is 12.1. The van der Waals surface area contributed by atoms with Crippen LogP contribution in [0.2, 0.25) is 0 Å². The SMILES string of the molecule is CCN1C(=C=Cc2sc(=S)n(CP(=O)(O)O)c2O)Sc2ccc(OC(C)=O)cc21. The van der Waals surface area contributed by atoms with Crippen molar-refractivity contribution in [1.29, 1.82) is 0 Å². The number of carbonyl (C=O) groups is 1. The minimum absolute atomic E-state index is 0.157. The average Bonchev–Trinajstić information content (AvgIpc) is 3.09. The van der Waals surface area contributed by atoms with Gasteiger partial charge < -0.3 is 24.5 Å². The predicted molar refractivity (Wildman–Crippen MR) is 115 cm³/mol. The summed E-state index contributed by atoms with van der Waals surface area (Å²) < 4.78 is 17.5. The first-order chi connectivity index (χ1) is 13.6. The standard InChI is InChI=1S/C17H17N2O6PS3/c1-3-18-12-8-11(25-10(2)20)4-5-13(12)28-15(18)7-6-14-16(21)19(17(27)29-14)9-26(22,23)24/h4-6,8,21H,3,9H2,1-2H3,(H2,22,23,24). The van der Waals surface area contributed by atoms with Crippen LogP contribution in [-0.2, 0) is 15.6 Å². The number of ether oxygens (including phenoxy) is 1. The minimum Gasteiger partial charge on any atom is -0.493 e. The molecule has 0 saturated carbocycles. The first kappa shape index (κ1) is 21.9. The van der Waals surface area contributed by atoms with Gasteiger partial charge in [-0.05, 0) is 31.3 Å². The van der Waals surface area contributed by atoms with Crippen molar-refractivity contribution in [3.05, 3.63) is 37.8 Å². The van der Waals surface area contributed by atoms with Gasteiger partial charge in [-0.2, -0.15) is 0 Å². The second kappa shape index (κ2) is 8.49. The highest BCUT2D eigenvalue weighted by Crippen LogP contribution is 2.47. The summed E-state index contributed by atoms with van der Waals surface area (Å²) in [6, 6.07) is 5.35. The lowest BCUT2D eigenvalue weighted by Crippen LogP contribution is -2.16. The maximum Gasteiger partial charge on any atom is 0.345 e. The van der Waals surface area contributed by atoms with Crippen molar-refractivity contribution in [2.24, 2.45) is 0 Å². The molecule has 1 aliphatic rings. The molecule has 0 atom stereocenters. The lowest BCUT2D eigenvalue weighted by molar-refractivity contribution is -0.131. The van der Waals surface area contributed by atoms with E-state index in [-0.39, 0.29) is 9.83 Å². The number of hydrogen-bond acceptors (Lipinski definition) is 8. The highest BCUT2D eigenvalue weighted by molar-refractivity contribution is 8.03. The van der Waals surface area contributed by atoms with E-state index in [0.29, 0.717) is 17.2 Å². The molecule has 1 aromatic carbocycles. The van der Waals surface area contributed by atoms with Crippen LogP contribution < -0.4 is 9.64 Å². The number of esters is 1. The number of hydrogen-bond donors (Lipinski definition) is 3. The number of benzene rings is 1. The highest BCUT2D eigenvalue weighted by Gasteiger charge is 2.25. The summed E-state index contributed by atoms with van der Waals surface area (Å²) in [5.74, 6) is -0.256. The Kier molecular flexibility index (Phi) is 6.40. The van der Waals surface area contributed by atoms with Crippen LogP contribution in [0.3, 0.4) is 0 Å². The number of anilines is 1. The third-order valence-electron chi connectivity index (χ3n) is 3.80. The third-order valence-corrected chi connectivity index (χ3v) is 6.93. The second-order valence-electron chi connectivity index (χ2n) is 5.95. The summed E-state index contributed by atoms with van der Waals surface area (Å²) in [5.41, 5.74) is 4.00. The number of nitrogens with zero attached hydrogens (tertiary/aromatic N) is 2. The summed E-state index contributed by atoms with van der Waals surface area (Å²) in [5, 5.41) is 11.0. The van der Waals surface area contributed by atoms with Gasteiger partial charge in [-0.3, -0.25) is 13.9 Å². The molecular weight excluding hydrogens is 455 g/mol. The van der Waals surface area contributed by atoms with Gasteiger partial charge in [0.25, 0.3) is 0 Å². The Morgan fingerprint density at radius 3 is 2.76 bits per heavy atom. The van der Waals surface area contributed by atoms with Crippen LogP contribution in [-0.4, -0.2) is 32.0 Å². The van der Waals surface area contributed by atoms with Crippen molar-refractivity contribution < 1.29 is 29.0 Å². The number of aromatic hydroxyl groups is 1. The third kappa shape index (κ3) is 5.02. The Morgan fingerprint density at radius 2 is 2.14 bits per heavy atom. The van der Waals surface area contributed by atoms with Crippen LogP contribution in [0.15, 0.2) is 33.9 Å². The number of carbonyl (C=O) groups excluding carboxylic acids is 1. The van der Waals surface area contributed by atoms with E-state index >= 15 is 0 Å². The van der Waals surface area contributed by atoms with Gasteiger partial charge in [0.05, 0.1) is 10.6 Å². The highest BCUT2D eigenvalue weighted by atomic mass is 32.2. The van der Waals surface area contributed by atoms with Crippen LogP contribution in [0, 0.1) is 3.95 Å². The van der Waals surface area contributed by atoms with E-state index in [1.54, 1.807) is 12.1 Å². The molecule has 0 fully saturated rings. The number of aromatic nitrogens is 1. The van der Waals surface area contributed by atoms with Gasteiger partial charge in [0.15, 0.2) is 3.95 Å². The molecule has 0 radical (unpaired) electrons. The summed E-state index contributed by atoms with van der Waals surface area (Å²) >= 11 is 7.60. The van der Waals surface area contributed by atoms with Gasteiger partial charge in [-0.1, -0.05) is 17.5 Å². The van der Waals surface area contributed by atoms with Gasteiger partial charge in [0.1, 0.15) is 17.1 Å². The molecule has 2 heterocycles. The van der Waals surface area contributed by atoms with Gasteiger partial charge in [-0.25, -0.2) is 0 Å². The Bertz CT molecular complexity index is 1140. The van der Waals surface area contributed by atoms with Crippen molar-refractivity contribution in [2.75, 3.05) is 11.4 Å². The molecule has 0 unspecified atom stereocenters. The van der Waals surface area contributed by atoms with Crippen LogP contribution in [0.5, 0.6) is 11.6 Å². The first-order valence-electron chi connectivity index (χ1n) is 8.30. The fraction of sp³-hybridized carbons (Fsp3) is 0.235. The molecule has 3 rings (SSSR count). The zero-order valence-electron chi connectivity index (χ0n) is 15.4. The molecule has 29 heavy (non-hydrogen) atoms. The molecule has 0 saturated heterocycles. The number of thiazole rings is 1. The van der Waals surface area contributed by atoms with E-state index in [0.717, 1.165) is 31.5 Å². The quantitative estimate of drug-likeness (QED) is 0.194. The van der Waals surface area contributed by atoms with E-state index < -0.39 is 19.9 Å². The number of rotatable bonds is 5. The van der Waals surface area contributed by atoms with Crippen molar-refractivity contribution in [3.8, 4) is 11.6 Å². The van der Waals surface area contributed by atoms with Crippen LogP contribution >= 0.6 is 42.9 Å². The molecule has 1 aliphatic heterocycles. The lowest BCUT2D eigenvalue weighted by Gasteiger charge is -2.16. The molecule has 0 aliphatic carbocycles. The Hall–Kier alpha value is -1.84. The summed E-state index contributed by atoms with van der Waals surface area (Å²) in [4.78, 5) is 32.8. The van der Waals surface area contributed by atoms with Crippen molar-refractivity contribution in [2.45, 2.75) is 25.0 Å². The molecule has 8 nitrogen and oxygen atoms in total. The summed E-state index contributed by atoms with van der Waals surface area (Å²) in [6.45, 7) is 3.95. The van der Waals surface area contributed by atoms with Crippen LogP contribution in [0.25, 0.3) is 6.08 Å². The van der Waals surface area contributed by atoms with Crippen molar-refractivity contribution in [3.63, 3.8) is 0 Å². The Balaban J connectivity index is 1.95. The molecule has 12 heteroatoms. The largest absolute Gasteiger partial charge is 0.493 e. The number of fused-ring (bicyclic) bond motifs is 1. The smallest absolute Gasteiger partial charge is 0.345 e. The maximum atomic E-state index is 11.2. The van der Waals surface area contributed by atoms with Gasteiger partial charge >= 0.3 is 13.6 Å². The molecule has 154 valence electrons. The fourth-order valence-electron chi connectivity index (χ4n) is 2.66. The van der Waals surface area contributed by atoms with E-state index in [1.165, 1.54) is 24.8 Å². The van der Waals surface area contributed by atoms with Crippen LogP contribution in [0.1, 0.15) is 18.7 Å². The van der Waals surface area contributed by atoms with E-state index in [2.05, 4.69) is 5.73 Å². The molecule has 0 spiro atoms. The predicted octanol–water partition coefficient (Wildman–Crippen LogP) is 4.13. The summed E-state index contributed by atoms with van der Waals surface area (Å²) in [6.07, 6.45) is 0.856. The molecule has 3 N–H and O–H groups in total. The topological polar surface area (TPSA) is 112 Å². The van der Waals surface area contributed by atoms with Gasteiger partial charge in [-0.15, -0.1) is 11.3 Å². The Labute approximate surface area is 179 Å². The fourth-order valence-corrected chi connectivity index (χ4v) is 5.76. The van der Waals surface area contributed by atoms with E-state index in [9.17, 15) is 14.5 Å². The van der Waals surface area contributed by atoms with Crippen LogP contribution in [0.4, 0.5) is 5.69 Å². The number of thioether (sulfide) groups is 1. The van der Waals surface area contributed by atoms with Crippen molar-refractivity contribution >= 4 is 60.6 Å².